The average molecular weight is 196 g/mol. The molecule has 0 saturated carbocycles. The van der Waals surface area contributed by atoms with Crippen LogP contribution in [0, 0.1) is 0 Å². The normalized spacial score (nSPS) is 10.4. The Morgan fingerprint density at radius 2 is 1.71 bits per heavy atom. The molecule has 2 N–H and O–H groups in total. The predicted molar refractivity (Wildman–Crippen MR) is 58.9 cm³/mol. The molecule has 0 unspecified atom stereocenters. The molecular weight excluding hydrogens is 180 g/mol. The topological polar surface area (TPSA) is 58.2 Å². The molecule has 0 spiro atoms. The first kappa shape index (κ1) is 10.8. The summed E-state index contributed by atoms with van der Waals surface area (Å²) in [7, 11) is 1.65. The molecule has 78 valence electrons. The Balaban J connectivity index is 2.48. The molecule has 0 fully saturated rings. The van der Waals surface area contributed by atoms with Crippen molar-refractivity contribution in [2.24, 2.45) is 0 Å². The molecule has 0 aliphatic rings. The second kappa shape index (κ2) is 4.79. The van der Waals surface area contributed by atoms with Crippen molar-refractivity contribution in [3.8, 4) is 0 Å². The van der Waals surface area contributed by atoms with Crippen LogP contribution in [0.25, 0.3) is 0 Å². The lowest BCUT2D eigenvalue weighted by atomic mass is 10.2. The van der Waals surface area contributed by atoms with Crippen LogP contribution in [-0.2, 0) is 0 Å². The molecule has 14 heavy (non-hydrogen) atoms. The van der Waals surface area contributed by atoms with E-state index in [1.54, 1.807) is 7.05 Å². The first-order valence-corrected chi connectivity index (χ1v) is 4.97. The SMILES string of the molecule is CCCCCNc1c(NC)c(=O)c1=O. The van der Waals surface area contributed by atoms with E-state index in [1.165, 1.54) is 0 Å². The van der Waals surface area contributed by atoms with Crippen LogP contribution in [0.5, 0.6) is 0 Å². The minimum Gasteiger partial charge on any atom is -0.383 e. The third-order valence-electron chi connectivity index (χ3n) is 2.24. The van der Waals surface area contributed by atoms with E-state index in [1.807, 2.05) is 0 Å². The Morgan fingerprint density at radius 1 is 1.07 bits per heavy atom. The van der Waals surface area contributed by atoms with Gasteiger partial charge in [-0.2, -0.15) is 0 Å². The molecule has 1 aromatic carbocycles. The van der Waals surface area contributed by atoms with Crippen LogP contribution in [0.2, 0.25) is 0 Å². The van der Waals surface area contributed by atoms with Gasteiger partial charge < -0.3 is 10.6 Å². The minimum atomic E-state index is -0.412. The fraction of sp³-hybridized carbons (Fsp3) is 0.600. The van der Waals surface area contributed by atoms with Gasteiger partial charge in [0.05, 0.1) is 0 Å². The zero-order valence-corrected chi connectivity index (χ0v) is 8.64. The zero-order valence-electron chi connectivity index (χ0n) is 8.64. The summed E-state index contributed by atoms with van der Waals surface area (Å²) in [6, 6.07) is 0. The highest BCUT2D eigenvalue weighted by molar-refractivity contribution is 5.73. The number of nitrogens with one attached hydrogen (secondary N) is 2. The first-order valence-electron chi connectivity index (χ1n) is 4.97. The molecule has 0 aliphatic heterocycles. The van der Waals surface area contributed by atoms with Crippen LogP contribution >= 0.6 is 0 Å². The molecule has 0 aliphatic carbocycles. The minimum absolute atomic E-state index is 0.397. The molecule has 4 nitrogen and oxygen atoms in total. The van der Waals surface area contributed by atoms with E-state index in [0.717, 1.165) is 25.8 Å². The van der Waals surface area contributed by atoms with Crippen molar-refractivity contribution in [1.82, 2.24) is 0 Å². The molecule has 0 heterocycles. The molecular formula is C10H16N2O2. The Labute approximate surface area is 83.0 Å². The van der Waals surface area contributed by atoms with Crippen LogP contribution in [-0.4, -0.2) is 13.6 Å². The van der Waals surface area contributed by atoms with E-state index in [4.69, 9.17) is 0 Å². The van der Waals surface area contributed by atoms with Gasteiger partial charge in [-0.3, -0.25) is 9.59 Å². The summed E-state index contributed by atoms with van der Waals surface area (Å²) in [4.78, 5) is 22.1. The molecule has 0 bridgehead atoms. The second-order valence-electron chi connectivity index (χ2n) is 3.29. The molecule has 0 amide bonds. The van der Waals surface area contributed by atoms with E-state index >= 15 is 0 Å². The number of hydrogen-bond donors (Lipinski definition) is 2. The van der Waals surface area contributed by atoms with Gasteiger partial charge in [-0.15, -0.1) is 0 Å². The summed E-state index contributed by atoms with van der Waals surface area (Å²) in [6.45, 7) is 2.88. The van der Waals surface area contributed by atoms with Crippen molar-refractivity contribution < 1.29 is 0 Å². The highest BCUT2D eigenvalue weighted by atomic mass is 16.2. The summed E-state index contributed by atoms with van der Waals surface area (Å²) in [6.07, 6.45) is 3.31. The molecule has 1 rings (SSSR count). The summed E-state index contributed by atoms with van der Waals surface area (Å²) in [5, 5.41) is 5.70. The average Bonchev–Trinajstić information content (AvgIpc) is 2.21. The Bertz CT molecular complexity index is 364. The number of anilines is 2. The summed E-state index contributed by atoms with van der Waals surface area (Å²) in [5.74, 6) is 0. The van der Waals surface area contributed by atoms with Gasteiger partial charge in [0.2, 0.25) is 0 Å². The van der Waals surface area contributed by atoms with Crippen molar-refractivity contribution in [2.75, 3.05) is 24.2 Å². The molecule has 4 heteroatoms. The van der Waals surface area contributed by atoms with Crippen molar-refractivity contribution in [3.63, 3.8) is 0 Å². The molecule has 0 saturated heterocycles. The lowest BCUT2D eigenvalue weighted by Gasteiger charge is -2.11. The zero-order chi connectivity index (χ0) is 10.6. The monoisotopic (exact) mass is 196 g/mol. The van der Waals surface area contributed by atoms with Crippen LogP contribution < -0.4 is 21.5 Å². The highest BCUT2D eigenvalue weighted by Gasteiger charge is 2.18. The predicted octanol–water partition coefficient (Wildman–Crippen LogP) is 0.926. The van der Waals surface area contributed by atoms with Gasteiger partial charge in [0.15, 0.2) is 0 Å². The van der Waals surface area contributed by atoms with Crippen molar-refractivity contribution in [3.05, 3.63) is 20.4 Å². The van der Waals surface area contributed by atoms with E-state index < -0.39 is 10.9 Å². The Hall–Kier alpha value is -1.32. The van der Waals surface area contributed by atoms with Gasteiger partial charge >= 0.3 is 0 Å². The molecule has 0 aromatic heterocycles. The fourth-order valence-corrected chi connectivity index (χ4v) is 1.39. The number of rotatable bonds is 6. The Morgan fingerprint density at radius 3 is 2.29 bits per heavy atom. The maximum Gasteiger partial charge on any atom is 0.253 e. The summed E-state index contributed by atoms with van der Waals surface area (Å²) in [5.41, 5.74) is 0.0661. The third kappa shape index (κ3) is 1.95. The summed E-state index contributed by atoms with van der Waals surface area (Å²) >= 11 is 0. The van der Waals surface area contributed by atoms with Crippen LogP contribution in [0.3, 0.4) is 0 Å². The lowest BCUT2D eigenvalue weighted by molar-refractivity contribution is 0.743. The van der Waals surface area contributed by atoms with E-state index in [0.29, 0.717) is 11.4 Å². The molecule has 1 aromatic rings. The largest absolute Gasteiger partial charge is 0.383 e. The van der Waals surface area contributed by atoms with Gasteiger partial charge in [-0.05, 0) is 6.42 Å². The maximum absolute atomic E-state index is 11.1. The van der Waals surface area contributed by atoms with Crippen molar-refractivity contribution >= 4 is 11.4 Å². The smallest absolute Gasteiger partial charge is 0.253 e. The number of hydrogen-bond acceptors (Lipinski definition) is 4. The van der Waals surface area contributed by atoms with Gasteiger partial charge in [-0.25, -0.2) is 0 Å². The van der Waals surface area contributed by atoms with E-state index in [9.17, 15) is 9.59 Å². The highest BCUT2D eigenvalue weighted by Crippen LogP contribution is 2.12. The Kier molecular flexibility index (Phi) is 3.68. The van der Waals surface area contributed by atoms with Gasteiger partial charge in [-0.1, -0.05) is 19.8 Å². The van der Waals surface area contributed by atoms with Crippen molar-refractivity contribution in [1.29, 1.82) is 0 Å². The quantitative estimate of drug-likeness (QED) is 0.525. The van der Waals surface area contributed by atoms with Gasteiger partial charge in [0, 0.05) is 13.6 Å². The standard InChI is InChI=1S/C10H16N2O2/c1-3-4-5-6-12-8-7(11-2)9(13)10(8)14/h11-12H,3-6H2,1-2H3. The third-order valence-corrected chi connectivity index (χ3v) is 2.24. The van der Waals surface area contributed by atoms with Crippen LogP contribution in [0.4, 0.5) is 11.4 Å². The van der Waals surface area contributed by atoms with E-state index in [-0.39, 0.29) is 0 Å². The summed E-state index contributed by atoms with van der Waals surface area (Å²) < 4.78 is 0. The van der Waals surface area contributed by atoms with Crippen LogP contribution in [0.15, 0.2) is 9.59 Å². The van der Waals surface area contributed by atoms with Gasteiger partial charge in [0.25, 0.3) is 10.9 Å². The van der Waals surface area contributed by atoms with E-state index in [2.05, 4.69) is 17.6 Å². The first-order chi connectivity index (χ1) is 6.72. The van der Waals surface area contributed by atoms with Crippen LogP contribution in [0.1, 0.15) is 26.2 Å². The lowest BCUT2D eigenvalue weighted by Crippen LogP contribution is -2.36. The van der Waals surface area contributed by atoms with Crippen molar-refractivity contribution in [2.45, 2.75) is 26.2 Å². The van der Waals surface area contributed by atoms with Gasteiger partial charge in [0.1, 0.15) is 11.4 Å². The molecule has 0 atom stereocenters. The molecule has 0 radical (unpaired) electrons. The number of unbranched alkanes of at least 4 members (excludes halogenated alkanes) is 2. The maximum atomic E-state index is 11.1. The second-order valence-corrected chi connectivity index (χ2v) is 3.29. The fourth-order valence-electron chi connectivity index (χ4n) is 1.39.